The number of carbonyl (C=O) groups excluding carboxylic acids is 1. The van der Waals surface area contributed by atoms with E-state index in [4.69, 9.17) is 9.15 Å². The van der Waals surface area contributed by atoms with Gasteiger partial charge in [0.25, 0.3) is 0 Å². The minimum absolute atomic E-state index is 0.0199. The summed E-state index contributed by atoms with van der Waals surface area (Å²) in [5, 5.41) is 2.98. The van der Waals surface area contributed by atoms with Crippen LogP contribution >= 0.6 is 0 Å². The first kappa shape index (κ1) is 17.4. The summed E-state index contributed by atoms with van der Waals surface area (Å²) in [6.07, 6.45) is 3.88. The second kappa shape index (κ2) is 7.67. The second-order valence-corrected chi connectivity index (χ2v) is 6.60. The van der Waals surface area contributed by atoms with E-state index in [-0.39, 0.29) is 11.9 Å². The highest BCUT2D eigenvalue weighted by Crippen LogP contribution is 2.23. The van der Waals surface area contributed by atoms with E-state index in [9.17, 15) is 4.79 Å². The molecule has 0 saturated heterocycles. The molecule has 2 aromatic heterocycles. The summed E-state index contributed by atoms with van der Waals surface area (Å²) in [5.74, 6) is 1.54. The fourth-order valence-electron chi connectivity index (χ4n) is 3.38. The first-order chi connectivity index (χ1) is 13.2. The number of nitrogens with one attached hydrogen (secondary N) is 2. The lowest BCUT2D eigenvalue weighted by Gasteiger charge is -2.34. The molecular formula is C20H22N4O3. The largest absolute Gasteiger partial charge is 0.497 e. The monoisotopic (exact) mass is 366 g/mol. The van der Waals surface area contributed by atoms with Crippen LogP contribution in [-0.2, 0) is 30.8 Å². The molecule has 0 bridgehead atoms. The van der Waals surface area contributed by atoms with Crippen molar-refractivity contribution < 1.29 is 13.9 Å². The van der Waals surface area contributed by atoms with Crippen molar-refractivity contribution in [1.82, 2.24) is 20.2 Å². The molecule has 4 rings (SSSR count). The van der Waals surface area contributed by atoms with Crippen molar-refractivity contribution in [2.45, 2.75) is 32.1 Å². The number of rotatable bonds is 6. The van der Waals surface area contributed by atoms with Crippen LogP contribution < -0.4 is 10.1 Å². The van der Waals surface area contributed by atoms with Gasteiger partial charge < -0.3 is 19.5 Å². The topological polar surface area (TPSA) is 83.4 Å². The smallest absolute Gasteiger partial charge is 0.238 e. The molecule has 0 saturated carbocycles. The molecule has 7 nitrogen and oxygen atoms in total. The number of fused-ring (bicyclic) bond motifs is 1. The number of H-pyrrole nitrogens is 1. The van der Waals surface area contributed by atoms with E-state index in [1.165, 1.54) is 0 Å². The average Bonchev–Trinajstić information content (AvgIpc) is 3.37. The van der Waals surface area contributed by atoms with Gasteiger partial charge in [-0.05, 0) is 29.8 Å². The Morgan fingerprint density at radius 3 is 2.96 bits per heavy atom. The molecule has 3 aromatic rings. The van der Waals surface area contributed by atoms with Gasteiger partial charge in [0, 0.05) is 19.5 Å². The normalized spacial score (nSPS) is 16.7. The molecule has 2 N–H and O–H groups in total. The summed E-state index contributed by atoms with van der Waals surface area (Å²) in [4.78, 5) is 22.6. The molecule has 1 aliphatic heterocycles. The van der Waals surface area contributed by atoms with Gasteiger partial charge in [-0.2, -0.15) is 0 Å². The van der Waals surface area contributed by atoms with Gasteiger partial charge in [-0.3, -0.25) is 9.69 Å². The molecule has 0 fully saturated rings. The molecule has 27 heavy (non-hydrogen) atoms. The number of imidazole rings is 1. The maximum Gasteiger partial charge on any atom is 0.238 e. The van der Waals surface area contributed by atoms with Crippen LogP contribution in [0.25, 0.3) is 0 Å². The summed E-state index contributed by atoms with van der Waals surface area (Å²) in [5.41, 5.74) is 3.15. The highest BCUT2D eigenvalue weighted by Gasteiger charge is 2.33. The lowest BCUT2D eigenvalue weighted by molar-refractivity contribution is -0.127. The Bertz CT molecular complexity index is 886. The molecule has 7 heteroatoms. The molecule has 1 aliphatic rings. The van der Waals surface area contributed by atoms with Crippen LogP contribution in [0.2, 0.25) is 0 Å². The highest BCUT2D eigenvalue weighted by atomic mass is 16.5. The fourth-order valence-corrected chi connectivity index (χ4v) is 3.38. The van der Waals surface area contributed by atoms with Gasteiger partial charge in [-0.25, -0.2) is 4.98 Å². The van der Waals surface area contributed by atoms with Gasteiger partial charge in [-0.1, -0.05) is 12.1 Å². The van der Waals surface area contributed by atoms with Gasteiger partial charge in [0.15, 0.2) is 0 Å². The van der Waals surface area contributed by atoms with Crippen LogP contribution in [0.15, 0.2) is 53.4 Å². The Balaban J connectivity index is 1.49. The quantitative estimate of drug-likeness (QED) is 0.699. The van der Waals surface area contributed by atoms with E-state index >= 15 is 0 Å². The summed E-state index contributed by atoms with van der Waals surface area (Å²) in [6.45, 7) is 1.70. The SMILES string of the molecule is COc1ccc(CN2Cc3[nH]cnc3CC2C(=O)NCc2ccco2)cc1. The molecule has 0 radical (unpaired) electrons. The van der Waals surface area contributed by atoms with E-state index in [1.807, 2.05) is 36.4 Å². The number of nitrogens with zero attached hydrogens (tertiary/aromatic N) is 2. The minimum Gasteiger partial charge on any atom is -0.497 e. The summed E-state index contributed by atoms with van der Waals surface area (Å²) in [6, 6.07) is 11.3. The van der Waals surface area contributed by atoms with Crippen molar-refractivity contribution in [1.29, 1.82) is 0 Å². The lowest BCUT2D eigenvalue weighted by Crippen LogP contribution is -2.49. The predicted octanol–water partition coefficient (Wildman–Crippen LogP) is 2.25. The molecule has 0 spiro atoms. The highest BCUT2D eigenvalue weighted by molar-refractivity contribution is 5.82. The molecule has 1 atom stereocenters. The van der Waals surface area contributed by atoms with E-state index in [1.54, 1.807) is 19.7 Å². The number of hydrogen-bond donors (Lipinski definition) is 2. The zero-order valence-electron chi connectivity index (χ0n) is 15.1. The molecule has 140 valence electrons. The Kier molecular flexibility index (Phi) is 4.93. The van der Waals surface area contributed by atoms with Crippen LogP contribution in [-0.4, -0.2) is 33.9 Å². The zero-order valence-corrected chi connectivity index (χ0v) is 15.1. The number of methoxy groups -OCH3 is 1. The number of ether oxygens (including phenoxy) is 1. The number of aromatic nitrogens is 2. The number of carbonyl (C=O) groups is 1. The van der Waals surface area contributed by atoms with Crippen LogP contribution in [0.5, 0.6) is 5.75 Å². The Labute approximate surface area is 157 Å². The lowest BCUT2D eigenvalue weighted by atomic mass is 10.0. The molecule has 1 amide bonds. The van der Waals surface area contributed by atoms with Crippen molar-refractivity contribution in [2.24, 2.45) is 0 Å². The number of hydrogen-bond acceptors (Lipinski definition) is 5. The molecule has 3 heterocycles. The van der Waals surface area contributed by atoms with Gasteiger partial charge in [0.1, 0.15) is 11.5 Å². The van der Waals surface area contributed by atoms with E-state index in [2.05, 4.69) is 20.2 Å². The van der Waals surface area contributed by atoms with Crippen molar-refractivity contribution in [3.8, 4) is 5.75 Å². The minimum atomic E-state index is -0.280. The van der Waals surface area contributed by atoms with Gasteiger partial charge >= 0.3 is 0 Å². The van der Waals surface area contributed by atoms with E-state index in [0.29, 0.717) is 26.1 Å². The first-order valence-corrected chi connectivity index (χ1v) is 8.91. The Hall–Kier alpha value is -3.06. The van der Waals surface area contributed by atoms with Gasteiger partial charge in [0.05, 0.1) is 43.7 Å². The molecule has 0 aliphatic carbocycles. The molecule has 1 unspecified atom stereocenters. The number of amides is 1. The zero-order chi connectivity index (χ0) is 18.6. The van der Waals surface area contributed by atoms with Crippen LogP contribution in [0, 0.1) is 0 Å². The van der Waals surface area contributed by atoms with Gasteiger partial charge in [0.2, 0.25) is 5.91 Å². The summed E-state index contributed by atoms with van der Waals surface area (Å²) < 4.78 is 10.5. The Morgan fingerprint density at radius 1 is 1.37 bits per heavy atom. The van der Waals surface area contributed by atoms with Crippen molar-refractivity contribution in [2.75, 3.05) is 7.11 Å². The van der Waals surface area contributed by atoms with Crippen molar-refractivity contribution in [3.63, 3.8) is 0 Å². The fraction of sp³-hybridized carbons (Fsp3) is 0.300. The van der Waals surface area contributed by atoms with Gasteiger partial charge in [-0.15, -0.1) is 0 Å². The first-order valence-electron chi connectivity index (χ1n) is 8.91. The standard InChI is InChI=1S/C20H22N4O3/c1-26-15-6-4-14(5-7-15)11-24-12-18-17(22-13-23-18)9-19(24)20(25)21-10-16-3-2-8-27-16/h2-8,13,19H,9-12H2,1H3,(H,21,25)(H,22,23). The van der Waals surface area contributed by atoms with E-state index in [0.717, 1.165) is 28.5 Å². The summed E-state index contributed by atoms with van der Waals surface area (Å²) >= 11 is 0. The number of benzene rings is 1. The molecule has 1 aromatic carbocycles. The third kappa shape index (κ3) is 3.88. The Morgan fingerprint density at radius 2 is 2.22 bits per heavy atom. The maximum absolute atomic E-state index is 12.9. The summed E-state index contributed by atoms with van der Waals surface area (Å²) in [7, 11) is 1.65. The second-order valence-electron chi connectivity index (χ2n) is 6.60. The maximum atomic E-state index is 12.9. The predicted molar refractivity (Wildman–Crippen MR) is 98.9 cm³/mol. The average molecular weight is 366 g/mol. The number of aromatic amines is 1. The third-order valence-corrected chi connectivity index (χ3v) is 4.86. The third-order valence-electron chi connectivity index (χ3n) is 4.86. The van der Waals surface area contributed by atoms with Crippen LogP contribution in [0.3, 0.4) is 0 Å². The van der Waals surface area contributed by atoms with Crippen molar-refractivity contribution >= 4 is 5.91 Å². The molecular weight excluding hydrogens is 344 g/mol. The van der Waals surface area contributed by atoms with Crippen LogP contribution in [0.4, 0.5) is 0 Å². The van der Waals surface area contributed by atoms with Crippen molar-refractivity contribution in [3.05, 3.63) is 71.7 Å². The van der Waals surface area contributed by atoms with E-state index < -0.39 is 0 Å². The van der Waals surface area contributed by atoms with Crippen LogP contribution in [0.1, 0.15) is 22.7 Å². The number of furan rings is 1.